The van der Waals surface area contributed by atoms with E-state index in [4.69, 9.17) is 10.1 Å². The van der Waals surface area contributed by atoms with Crippen LogP contribution >= 0.6 is 0 Å². The molecular weight excluding hydrogens is 719 g/mol. The van der Waals surface area contributed by atoms with Crippen molar-refractivity contribution in [1.82, 2.24) is 35.7 Å². The minimum absolute atomic E-state index is 0.172. The molecule has 0 aliphatic carbocycles. The Labute approximate surface area is 290 Å². The number of halogens is 1. The summed E-state index contributed by atoms with van der Waals surface area (Å²) in [5.74, 6) is 0.129. The van der Waals surface area contributed by atoms with Gasteiger partial charge in [-0.1, -0.05) is 30.3 Å². The van der Waals surface area contributed by atoms with Crippen LogP contribution < -0.4 is 37.3 Å². The maximum absolute atomic E-state index is 12.3. The van der Waals surface area contributed by atoms with Crippen LogP contribution in [0.4, 0.5) is 17.2 Å². The third-order valence-corrected chi connectivity index (χ3v) is 12.6. The summed E-state index contributed by atoms with van der Waals surface area (Å²) in [5.41, 5.74) is 5.98. The first-order valence-corrected chi connectivity index (χ1v) is 18.5. The molecule has 0 bridgehead atoms. The number of anilines is 3. The van der Waals surface area contributed by atoms with Gasteiger partial charge in [0.05, 0.1) is 0 Å². The quantitative estimate of drug-likeness (QED) is 0.137. The van der Waals surface area contributed by atoms with Gasteiger partial charge in [-0.2, -0.15) is 0 Å². The summed E-state index contributed by atoms with van der Waals surface area (Å²) in [6.45, 7) is 6.35. The zero-order valence-corrected chi connectivity index (χ0v) is 28.7. The van der Waals surface area contributed by atoms with Gasteiger partial charge in [-0.25, -0.2) is 0 Å². The Kier molecular flexibility index (Phi) is 8.80. The van der Waals surface area contributed by atoms with Gasteiger partial charge >= 0.3 is 251 Å². The van der Waals surface area contributed by atoms with Crippen molar-refractivity contribution in [1.29, 1.82) is 0 Å². The molecule has 48 heavy (non-hydrogen) atoms. The van der Waals surface area contributed by atoms with Gasteiger partial charge in [0, 0.05) is 5.56 Å². The van der Waals surface area contributed by atoms with E-state index in [2.05, 4.69) is 78.4 Å². The number of piperazine rings is 1. The third-order valence-electron chi connectivity index (χ3n) is 9.48. The van der Waals surface area contributed by atoms with E-state index in [1.165, 1.54) is 5.69 Å². The number of nitrogens with one attached hydrogen (secondary N) is 2. The number of imide groups is 1. The van der Waals surface area contributed by atoms with Crippen molar-refractivity contribution in [3.05, 3.63) is 91.1 Å². The topological polar surface area (TPSA) is 116 Å². The van der Waals surface area contributed by atoms with Crippen LogP contribution in [0.5, 0.6) is 0 Å². The van der Waals surface area contributed by atoms with Gasteiger partial charge in [-0.05, 0) is 0 Å². The zero-order chi connectivity index (χ0) is 32.5. The molecule has 13 heteroatoms. The Bertz CT molecular complexity index is 1890. The van der Waals surface area contributed by atoms with Gasteiger partial charge in [0.25, 0.3) is 0 Å². The number of nitrogens with zero attached hydrogens (tertiary/aromatic N) is 8. The Morgan fingerprint density at radius 3 is 2.38 bits per heavy atom. The molecule has 0 spiro atoms. The second-order valence-corrected chi connectivity index (χ2v) is 15.7. The van der Waals surface area contributed by atoms with Crippen LogP contribution in [-0.2, 0) is 9.59 Å². The van der Waals surface area contributed by atoms with Crippen LogP contribution in [0, 0.1) is 0 Å². The van der Waals surface area contributed by atoms with Gasteiger partial charge < -0.3 is 0 Å². The number of benzene rings is 2. The molecule has 1 atom stereocenters. The molecule has 3 fully saturated rings. The van der Waals surface area contributed by atoms with E-state index in [-0.39, 0.29) is 39.5 Å². The van der Waals surface area contributed by atoms with Gasteiger partial charge in [-0.15, -0.1) is 0 Å². The molecule has 248 valence electrons. The predicted octanol–water partition coefficient (Wildman–Crippen LogP) is 1.23. The normalized spacial score (nSPS) is 20.0. The van der Waals surface area contributed by atoms with E-state index < -0.39 is 0 Å². The van der Waals surface area contributed by atoms with Gasteiger partial charge in [0.15, 0.2) is 0 Å². The van der Waals surface area contributed by atoms with E-state index in [1.807, 2.05) is 36.8 Å². The van der Waals surface area contributed by atoms with Crippen molar-refractivity contribution in [2.75, 3.05) is 49.5 Å². The van der Waals surface area contributed by atoms with E-state index >= 15 is 0 Å². The third kappa shape index (κ3) is 6.54. The first-order chi connectivity index (χ1) is 23.6. The molecule has 3 saturated heterocycles. The monoisotopic (exact) mass is 757 g/mol. The summed E-state index contributed by atoms with van der Waals surface area (Å²) in [6, 6.07) is 19.0. The van der Waals surface area contributed by atoms with E-state index in [0.717, 1.165) is 80.3 Å². The van der Waals surface area contributed by atoms with Crippen LogP contribution in [0.3, 0.4) is 0 Å². The number of amides is 2. The van der Waals surface area contributed by atoms with Crippen LogP contribution in [0.15, 0.2) is 85.6 Å². The van der Waals surface area contributed by atoms with E-state index in [0.29, 0.717) is 24.7 Å². The molecular formula is C35H38IN10O2-. The number of hydrogen-bond acceptors (Lipinski definition) is 9. The van der Waals surface area contributed by atoms with Crippen molar-refractivity contribution in [2.24, 2.45) is 0 Å². The van der Waals surface area contributed by atoms with Crippen LogP contribution in [0.25, 0.3) is 16.9 Å². The molecule has 3 aliphatic rings. The molecule has 0 saturated carbocycles. The summed E-state index contributed by atoms with van der Waals surface area (Å²) >= 11 is -0.173. The standard InChI is InChI=1S/C35H38IN10O2/c47-32-11-10-30(35(48)41-32)25-6-8-28(9-7-25)42-18-20-44(21-19-42)36-43-15-12-29(13-16-43)46-24-27(22-39-46)40-33-34-37-14-17-45(34)31(23-38-33)26-4-2-1-3-5-26/h1-9,14,17,22-24,29-30H,10-13,15-16,18-21H2,(H,38,40)(H,41,47,48)/q-1. The van der Waals surface area contributed by atoms with Crippen LogP contribution in [0.1, 0.15) is 43.2 Å². The Morgan fingerprint density at radius 1 is 0.833 bits per heavy atom. The second-order valence-electron chi connectivity index (χ2n) is 12.5. The Balaban J connectivity index is 0.809. The van der Waals surface area contributed by atoms with Crippen molar-refractivity contribution < 1.29 is 31.3 Å². The first-order valence-electron chi connectivity index (χ1n) is 16.6. The summed E-state index contributed by atoms with van der Waals surface area (Å²) < 4.78 is 9.52. The molecule has 2 aromatic carbocycles. The summed E-state index contributed by atoms with van der Waals surface area (Å²) in [6.07, 6.45) is 12.8. The Morgan fingerprint density at radius 2 is 1.60 bits per heavy atom. The molecule has 6 heterocycles. The van der Waals surface area contributed by atoms with Gasteiger partial charge in [0.1, 0.15) is 0 Å². The molecule has 2 N–H and O–H groups in total. The molecule has 3 aromatic heterocycles. The number of carbonyl (C=O) groups is 2. The fourth-order valence-electron chi connectivity index (χ4n) is 6.84. The molecule has 8 rings (SSSR count). The molecule has 2 amide bonds. The number of hydrogen-bond donors (Lipinski definition) is 2. The summed E-state index contributed by atoms with van der Waals surface area (Å²) in [7, 11) is 0. The molecule has 5 aromatic rings. The molecule has 3 aliphatic heterocycles. The average Bonchev–Trinajstić information content (AvgIpc) is 3.81. The Hall–Kier alpha value is -4.34. The van der Waals surface area contributed by atoms with Gasteiger partial charge in [0.2, 0.25) is 0 Å². The van der Waals surface area contributed by atoms with Gasteiger partial charge in [-0.3, -0.25) is 4.79 Å². The number of rotatable bonds is 8. The fraction of sp³-hybridized carbons (Fsp3) is 0.343. The first kappa shape index (κ1) is 31.0. The number of fused-ring (bicyclic) bond motifs is 1. The number of imidazole rings is 1. The van der Waals surface area contributed by atoms with Crippen LogP contribution in [-0.4, -0.2) is 81.5 Å². The summed E-state index contributed by atoms with van der Waals surface area (Å²) in [5, 5.41) is 10.6. The summed E-state index contributed by atoms with van der Waals surface area (Å²) in [4.78, 5) is 35.5. The second kappa shape index (κ2) is 13.6. The number of piperidine rings is 2. The van der Waals surface area contributed by atoms with Crippen LogP contribution in [0.2, 0.25) is 0 Å². The predicted molar refractivity (Wildman–Crippen MR) is 179 cm³/mol. The zero-order valence-electron chi connectivity index (χ0n) is 26.6. The average molecular weight is 758 g/mol. The minimum atomic E-state index is -0.232. The van der Waals surface area contributed by atoms with E-state index in [1.54, 1.807) is 6.20 Å². The van der Waals surface area contributed by atoms with Crippen molar-refractivity contribution >= 4 is 34.7 Å². The molecule has 0 radical (unpaired) electrons. The van der Waals surface area contributed by atoms with Crippen molar-refractivity contribution in [3.8, 4) is 11.3 Å². The van der Waals surface area contributed by atoms with Crippen molar-refractivity contribution in [2.45, 2.75) is 37.6 Å². The molecule has 12 nitrogen and oxygen atoms in total. The number of aromatic nitrogens is 5. The number of carbonyl (C=O) groups excluding carboxylic acids is 2. The SMILES string of the molecule is O=C1CCC(c2ccc(N3CCN([I-]N4CCC(n5cc(Nc6ncc(-c7ccccc7)n7ccnc67)cn5)CC4)CC3)cc2)C(=O)N1. The fourth-order valence-corrected chi connectivity index (χ4v) is 9.55. The van der Waals surface area contributed by atoms with Crippen molar-refractivity contribution in [3.63, 3.8) is 0 Å². The maximum atomic E-state index is 12.3. The van der Waals surface area contributed by atoms with E-state index in [9.17, 15) is 9.59 Å². The molecule has 1 unspecified atom stereocenters.